The van der Waals surface area contributed by atoms with Gasteiger partial charge < -0.3 is 5.32 Å². The van der Waals surface area contributed by atoms with Gasteiger partial charge in [0, 0.05) is 12.1 Å². The summed E-state index contributed by atoms with van der Waals surface area (Å²) in [6.45, 7) is 0. The zero-order valence-electron chi connectivity index (χ0n) is 9.94. The van der Waals surface area contributed by atoms with Crippen LogP contribution in [0.25, 0.3) is 6.08 Å². The van der Waals surface area contributed by atoms with Gasteiger partial charge >= 0.3 is 0 Å². The lowest BCUT2D eigenvalue weighted by molar-refractivity contribution is 0.778. The van der Waals surface area contributed by atoms with Crippen molar-refractivity contribution in [1.29, 1.82) is 0 Å². The van der Waals surface area contributed by atoms with Crippen molar-refractivity contribution < 1.29 is 0 Å². The molecule has 1 N–H and O–H groups in total. The highest BCUT2D eigenvalue weighted by Gasteiger charge is 2.27. The Kier molecular flexibility index (Phi) is 2.85. The van der Waals surface area contributed by atoms with Crippen LogP contribution in [0.3, 0.4) is 0 Å². The van der Waals surface area contributed by atoms with Crippen molar-refractivity contribution in [2.75, 3.05) is 5.32 Å². The minimum atomic E-state index is -0.532. The van der Waals surface area contributed by atoms with Crippen LogP contribution in [-0.2, 0) is 6.42 Å². The molecule has 3 rings (SSSR count). The molecular weight excluding hydrogens is 242 g/mol. The molecule has 18 heavy (non-hydrogen) atoms. The number of hydrogen-bond acceptors (Lipinski definition) is 1. The number of rotatable bonds is 2. The van der Waals surface area contributed by atoms with E-state index < -0.39 is 5.00 Å². The van der Waals surface area contributed by atoms with Gasteiger partial charge in [0.2, 0.25) is 0 Å². The van der Waals surface area contributed by atoms with Crippen molar-refractivity contribution in [3.05, 3.63) is 71.8 Å². The van der Waals surface area contributed by atoms with Crippen LogP contribution in [-0.4, -0.2) is 5.00 Å². The van der Waals surface area contributed by atoms with E-state index in [1.165, 1.54) is 11.1 Å². The number of para-hydroxylation sites is 1. The molecule has 0 fully saturated rings. The number of alkyl halides is 1. The van der Waals surface area contributed by atoms with Gasteiger partial charge in [-0.15, -0.1) is 0 Å². The van der Waals surface area contributed by atoms with Crippen molar-refractivity contribution in [1.82, 2.24) is 0 Å². The van der Waals surface area contributed by atoms with E-state index in [0.29, 0.717) is 0 Å². The number of anilines is 1. The molecule has 0 heterocycles. The summed E-state index contributed by atoms with van der Waals surface area (Å²) in [7, 11) is 0. The van der Waals surface area contributed by atoms with Gasteiger partial charge in [0.15, 0.2) is 0 Å². The fourth-order valence-corrected chi connectivity index (χ4v) is 2.58. The topological polar surface area (TPSA) is 12.0 Å². The maximum Gasteiger partial charge on any atom is 0.135 e. The lowest BCUT2D eigenvalue weighted by atomic mass is 9.93. The van der Waals surface area contributed by atoms with Crippen molar-refractivity contribution in [2.24, 2.45) is 0 Å². The molecule has 0 radical (unpaired) electrons. The second kappa shape index (κ2) is 4.51. The molecule has 0 aliphatic heterocycles. The molecular formula is C16H14ClN. The molecule has 1 aliphatic carbocycles. The molecule has 1 unspecified atom stereocenters. The van der Waals surface area contributed by atoms with E-state index in [9.17, 15) is 0 Å². The number of hydrogen-bond donors (Lipinski definition) is 1. The third-order valence-corrected chi connectivity index (χ3v) is 3.51. The monoisotopic (exact) mass is 255 g/mol. The molecule has 0 amide bonds. The summed E-state index contributed by atoms with van der Waals surface area (Å²) in [6, 6.07) is 18.4. The van der Waals surface area contributed by atoms with Crippen molar-refractivity contribution >= 4 is 23.4 Å². The first-order valence-electron chi connectivity index (χ1n) is 6.04. The summed E-state index contributed by atoms with van der Waals surface area (Å²) in [5.74, 6) is 0. The van der Waals surface area contributed by atoms with E-state index in [1.54, 1.807) is 0 Å². The Morgan fingerprint density at radius 3 is 2.50 bits per heavy atom. The summed E-state index contributed by atoms with van der Waals surface area (Å²) in [5.41, 5.74) is 3.57. The molecule has 2 aromatic rings. The Morgan fingerprint density at radius 1 is 0.944 bits per heavy atom. The maximum absolute atomic E-state index is 6.64. The van der Waals surface area contributed by atoms with Crippen molar-refractivity contribution in [2.45, 2.75) is 11.4 Å². The Hall–Kier alpha value is -1.73. The maximum atomic E-state index is 6.64. The summed E-state index contributed by atoms with van der Waals surface area (Å²) in [5, 5.41) is 3.38. The Labute approximate surface area is 112 Å². The van der Waals surface area contributed by atoms with E-state index in [2.05, 4.69) is 35.7 Å². The first-order valence-corrected chi connectivity index (χ1v) is 6.42. The van der Waals surface area contributed by atoms with Gasteiger partial charge in [-0.25, -0.2) is 0 Å². The minimum absolute atomic E-state index is 0.532. The lowest BCUT2D eigenvalue weighted by Crippen LogP contribution is -2.33. The largest absolute Gasteiger partial charge is 0.363 e. The number of benzene rings is 2. The quantitative estimate of drug-likeness (QED) is 0.623. The number of nitrogens with one attached hydrogen (secondary N) is 1. The molecule has 2 aromatic carbocycles. The van der Waals surface area contributed by atoms with Gasteiger partial charge in [-0.1, -0.05) is 60.1 Å². The van der Waals surface area contributed by atoms with Gasteiger partial charge in [-0.05, 0) is 29.3 Å². The van der Waals surface area contributed by atoms with Crippen LogP contribution in [0.15, 0.2) is 60.7 Å². The molecule has 1 aliphatic rings. The molecule has 0 saturated heterocycles. The first kappa shape index (κ1) is 11.4. The van der Waals surface area contributed by atoms with Gasteiger partial charge in [-0.2, -0.15) is 0 Å². The molecule has 0 bridgehead atoms. The van der Waals surface area contributed by atoms with E-state index in [4.69, 9.17) is 11.6 Å². The summed E-state index contributed by atoms with van der Waals surface area (Å²) in [6.07, 6.45) is 4.90. The highest BCUT2D eigenvalue weighted by atomic mass is 35.5. The minimum Gasteiger partial charge on any atom is -0.363 e. The molecule has 1 atom stereocenters. The van der Waals surface area contributed by atoms with Crippen molar-refractivity contribution in [3.8, 4) is 0 Å². The summed E-state index contributed by atoms with van der Waals surface area (Å²) < 4.78 is 0. The van der Waals surface area contributed by atoms with Gasteiger partial charge in [-0.3, -0.25) is 0 Å². The Balaban J connectivity index is 1.86. The fourth-order valence-electron chi connectivity index (χ4n) is 2.26. The predicted octanol–water partition coefficient (Wildman–Crippen LogP) is 4.30. The standard InChI is InChI=1S/C16H14ClN/c17-16(18-15-8-2-1-3-9-15)11-10-13-6-4-5-7-14(13)12-16/h1-11,18H,12H2. The van der Waals surface area contributed by atoms with Gasteiger partial charge in [0.25, 0.3) is 0 Å². The van der Waals surface area contributed by atoms with Crippen LogP contribution in [0.2, 0.25) is 0 Å². The van der Waals surface area contributed by atoms with E-state index in [-0.39, 0.29) is 0 Å². The van der Waals surface area contributed by atoms with Crippen LogP contribution in [0.1, 0.15) is 11.1 Å². The third kappa shape index (κ3) is 2.27. The second-order valence-electron chi connectivity index (χ2n) is 4.56. The SMILES string of the molecule is ClC1(Nc2ccccc2)C=Cc2ccccc2C1. The van der Waals surface area contributed by atoms with E-state index in [0.717, 1.165) is 12.1 Å². The van der Waals surface area contributed by atoms with Crippen LogP contribution in [0, 0.1) is 0 Å². The summed E-state index contributed by atoms with van der Waals surface area (Å²) in [4.78, 5) is -0.532. The average Bonchev–Trinajstić information content (AvgIpc) is 2.39. The molecule has 90 valence electrons. The zero-order chi connectivity index (χ0) is 12.4. The fraction of sp³-hybridized carbons (Fsp3) is 0.125. The molecule has 1 nitrogen and oxygen atoms in total. The first-order chi connectivity index (χ1) is 8.75. The number of fused-ring (bicyclic) bond motifs is 1. The third-order valence-electron chi connectivity index (χ3n) is 3.16. The molecule has 2 heteroatoms. The van der Waals surface area contributed by atoms with Gasteiger partial charge in [0.1, 0.15) is 5.00 Å². The normalized spacial score (nSPS) is 21.4. The summed E-state index contributed by atoms with van der Waals surface area (Å²) >= 11 is 6.64. The zero-order valence-corrected chi connectivity index (χ0v) is 10.7. The Morgan fingerprint density at radius 2 is 1.67 bits per heavy atom. The van der Waals surface area contributed by atoms with Crippen molar-refractivity contribution in [3.63, 3.8) is 0 Å². The number of halogens is 1. The predicted molar refractivity (Wildman–Crippen MR) is 77.8 cm³/mol. The highest BCUT2D eigenvalue weighted by molar-refractivity contribution is 6.27. The second-order valence-corrected chi connectivity index (χ2v) is 5.24. The smallest absolute Gasteiger partial charge is 0.135 e. The van der Waals surface area contributed by atoms with Crippen LogP contribution >= 0.6 is 11.6 Å². The van der Waals surface area contributed by atoms with Crippen LogP contribution in [0.5, 0.6) is 0 Å². The Bertz CT molecular complexity index is 577. The average molecular weight is 256 g/mol. The van der Waals surface area contributed by atoms with E-state index in [1.807, 2.05) is 36.4 Å². The lowest BCUT2D eigenvalue weighted by Gasteiger charge is -2.30. The molecule has 0 spiro atoms. The van der Waals surface area contributed by atoms with Gasteiger partial charge in [0.05, 0.1) is 0 Å². The molecule has 0 saturated carbocycles. The highest BCUT2D eigenvalue weighted by Crippen LogP contribution is 2.31. The van der Waals surface area contributed by atoms with Crippen LogP contribution < -0.4 is 5.32 Å². The van der Waals surface area contributed by atoms with E-state index >= 15 is 0 Å². The van der Waals surface area contributed by atoms with Crippen LogP contribution in [0.4, 0.5) is 5.69 Å². The molecule has 0 aromatic heterocycles.